The number of nitrogens with zero attached hydrogens (tertiary/aromatic N) is 1. The van der Waals surface area contributed by atoms with Crippen LogP contribution in [0.15, 0.2) is 24.3 Å². The third-order valence-corrected chi connectivity index (χ3v) is 10.3. The average Bonchev–Trinajstić information content (AvgIpc) is 3.35. The molecular weight excluding hydrogens is 430 g/mol. The van der Waals surface area contributed by atoms with Crippen molar-refractivity contribution in [3.8, 4) is 0 Å². The largest absolute Gasteiger partial charge is 0.481 e. The SMILES string of the molecule is C=CCN1C[C@H](OCC23C[C@@H]4[C@H](C)CC[C@H]4[C@@]4(C=O)C[C@H]2C=C(C(C)C)[C@@]34C(=O)O)O[C@H](C)C1. The first-order valence-electron chi connectivity index (χ1n) is 13.2. The molecule has 0 amide bonds. The summed E-state index contributed by atoms with van der Waals surface area (Å²) in [6.45, 7) is 14.9. The van der Waals surface area contributed by atoms with Crippen LogP contribution in [0.2, 0.25) is 0 Å². The normalized spacial score (nSPS) is 47.5. The van der Waals surface area contributed by atoms with E-state index in [2.05, 4.69) is 38.3 Å². The maximum absolute atomic E-state index is 13.5. The van der Waals surface area contributed by atoms with Gasteiger partial charge >= 0.3 is 5.97 Å². The lowest BCUT2D eigenvalue weighted by atomic mass is 9.43. The number of carbonyl (C=O) groups excluding carboxylic acids is 1. The molecule has 4 bridgehead atoms. The zero-order valence-corrected chi connectivity index (χ0v) is 21.2. The summed E-state index contributed by atoms with van der Waals surface area (Å²) in [4.78, 5) is 28.8. The Morgan fingerprint density at radius 3 is 2.74 bits per heavy atom. The minimum atomic E-state index is -1.19. The number of hydrogen-bond acceptors (Lipinski definition) is 5. The highest BCUT2D eigenvalue weighted by Crippen LogP contribution is 2.82. The Morgan fingerprint density at radius 2 is 2.09 bits per heavy atom. The van der Waals surface area contributed by atoms with E-state index in [0.29, 0.717) is 31.4 Å². The lowest BCUT2D eigenvalue weighted by Gasteiger charge is -2.58. The molecule has 1 unspecified atom stereocenters. The zero-order chi connectivity index (χ0) is 24.5. The smallest absolute Gasteiger partial charge is 0.315 e. The molecule has 1 saturated heterocycles. The molecule has 1 N–H and O–H groups in total. The highest BCUT2D eigenvalue weighted by molar-refractivity contribution is 5.90. The van der Waals surface area contributed by atoms with Crippen molar-refractivity contribution in [3.05, 3.63) is 24.3 Å². The molecule has 0 aromatic heterocycles. The predicted octanol–water partition coefficient (Wildman–Crippen LogP) is 4.16. The summed E-state index contributed by atoms with van der Waals surface area (Å²) < 4.78 is 12.7. The summed E-state index contributed by atoms with van der Waals surface area (Å²) in [7, 11) is 0. The Kier molecular flexibility index (Phi) is 5.89. The second kappa shape index (κ2) is 8.28. The third kappa shape index (κ3) is 2.91. The maximum Gasteiger partial charge on any atom is 0.315 e. The van der Waals surface area contributed by atoms with Crippen LogP contribution in [0.5, 0.6) is 0 Å². The Hall–Kier alpha value is -1.50. The average molecular weight is 472 g/mol. The van der Waals surface area contributed by atoms with E-state index in [4.69, 9.17) is 9.47 Å². The van der Waals surface area contributed by atoms with Crippen molar-refractivity contribution in [2.24, 2.45) is 45.8 Å². The van der Waals surface area contributed by atoms with Gasteiger partial charge < -0.3 is 19.4 Å². The number of hydrogen-bond donors (Lipinski definition) is 1. The number of morpholine rings is 1. The fourth-order valence-electron chi connectivity index (χ4n) is 9.29. The molecule has 4 fully saturated rings. The van der Waals surface area contributed by atoms with Gasteiger partial charge in [-0.25, -0.2) is 0 Å². The summed E-state index contributed by atoms with van der Waals surface area (Å²) in [5, 5.41) is 11.0. The topological polar surface area (TPSA) is 76.1 Å². The van der Waals surface area contributed by atoms with Crippen LogP contribution in [0, 0.1) is 45.8 Å². The lowest BCUT2D eigenvalue weighted by molar-refractivity contribution is -0.235. The predicted molar refractivity (Wildman–Crippen MR) is 129 cm³/mol. The van der Waals surface area contributed by atoms with Gasteiger partial charge in [0.1, 0.15) is 11.7 Å². The number of carboxylic acid groups (broad SMARTS) is 1. The Labute approximate surface area is 203 Å². The van der Waals surface area contributed by atoms with Crippen LogP contribution in [0.4, 0.5) is 0 Å². The van der Waals surface area contributed by atoms with Crippen molar-refractivity contribution < 1.29 is 24.2 Å². The Balaban J connectivity index is 1.55. The second-order valence-electron chi connectivity index (χ2n) is 12.2. The lowest BCUT2D eigenvalue weighted by Crippen LogP contribution is -2.64. The molecule has 6 nitrogen and oxygen atoms in total. The number of aliphatic carboxylic acids is 1. The molecule has 4 aliphatic carbocycles. The zero-order valence-electron chi connectivity index (χ0n) is 21.2. The van der Waals surface area contributed by atoms with Gasteiger partial charge in [0.05, 0.1) is 18.1 Å². The summed E-state index contributed by atoms with van der Waals surface area (Å²) in [6, 6.07) is 0. The first-order valence-corrected chi connectivity index (χ1v) is 13.2. The Morgan fingerprint density at radius 1 is 1.32 bits per heavy atom. The number of ether oxygens (including phenoxy) is 2. The number of fused-ring (bicyclic) bond motifs is 2. The van der Waals surface area contributed by atoms with E-state index < -0.39 is 28.5 Å². The summed E-state index contributed by atoms with van der Waals surface area (Å²) in [5.74, 6) is 0.315. The first-order chi connectivity index (χ1) is 16.2. The number of aldehydes is 1. The molecule has 1 aliphatic heterocycles. The van der Waals surface area contributed by atoms with Gasteiger partial charge in [-0.15, -0.1) is 6.58 Å². The number of rotatable bonds is 8. The van der Waals surface area contributed by atoms with Gasteiger partial charge in [0.2, 0.25) is 0 Å². The van der Waals surface area contributed by atoms with Gasteiger partial charge in [-0.2, -0.15) is 0 Å². The Bertz CT molecular complexity index is 899. The van der Waals surface area contributed by atoms with Crippen molar-refractivity contribution in [3.63, 3.8) is 0 Å². The molecule has 0 aromatic carbocycles. The van der Waals surface area contributed by atoms with E-state index in [1.807, 2.05) is 13.0 Å². The third-order valence-electron chi connectivity index (χ3n) is 10.3. The minimum absolute atomic E-state index is 0.0361. The number of carboxylic acids is 1. The van der Waals surface area contributed by atoms with Crippen LogP contribution in [0.1, 0.15) is 53.4 Å². The minimum Gasteiger partial charge on any atom is -0.481 e. The highest BCUT2D eigenvalue weighted by Gasteiger charge is 2.84. The van der Waals surface area contributed by atoms with Crippen LogP contribution < -0.4 is 0 Å². The van der Waals surface area contributed by atoms with E-state index in [9.17, 15) is 14.7 Å². The molecule has 6 heteroatoms. The van der Waals surface area contributed by atoms with Gasteiger partial charge in [0, 0.05) is 25.0 Å². The van der Waals surface area contributed by atoms with Crippen molar-refractivity contribution >= 4 is 12.3 Å². The molecule has 3 saturated carbocycles. The molecule has 5 rings (SSSR count). The fraction of sp³-hybridized carbons (Fsp3) is 0.786. The molecule has 5 aliphatic rings. The molecule has 188 valence electrons. The van der Waals surface area contributed by atoms with Crippen LogP contribution in [0.25, 0.3) is 0 Å². The van der Waals surface area contributed by atoms with Gasteiger partial charge in [0.15, 0.2) is 6.29 Å². The van der Waals surface area contributed by atoms with Crippen LogP contribution in [-0.2, 0) is 19.1 Å². The van der Waals surface area contributed by atoms with Crippen molar-refractivity contribution in [2.45, 2.75) is 65.8 Å². The van der Waals surface area contributed by atoms with E-state index in [1.54, 1.807) is 0 Å². The highest BCUT2D eigenvalue weighted by atomic mass is 16.7. The van der Waals surface area contributed by atoms with Crippen LogP contribution in [0.3, 0.4) is 0 Å². The van der Waals surface area contributed by atoms with Crippen molar-refractivity contribution in [2.75, 3.05) is 26.2 Å². The van der Waals surface area contributed by atoms with E-state index in [0.717, 1.165) is 44.2 Å². The second-order valence-corrected chi connectivity index (χ2v) is 12.2. The molecule has 34 heavy (non-hydrogen) atoms. The van der Waals surface area contributed by atoms with Crippen molar-refractivity contribution in [1.82, 2.24) is 4.90 Å². The standard InChI is InChI=1S/C28H41NO5/c1-6-9-29-13-19(5)34-24(14-29)33-16-27-12-21-18(4)7-8-22(21)26(15-30)11-20(27)10-23(17(2)3)28(26,27)25(31)32/h6,10,15,17-22,24H,1,7-9,11-14,16H2,2-5H3,(H,31,32)/t18-,19-,20-,21-,22-,24-,26+,27?,28+/m1/s1. The van der Waals surface area contributed by atoms with E-state index >= 15 is 0 Å². The van der Waals surface area contributed by atoms with Gasteiger partial charge in [-0.1, -0.05) is 44.9 Å². The van der Waals surface area contributed by atoms with Crippen LogP contribution >= 0.6 is 0 Å². The van der Waals surface area contributed by atoms with Gasteiger partial charge in [-0.3, -0.25) is 9.69 Å². The fourth-order valence-corrected chi connectivity index (χ4v) is 9.29. The van der Waals surface area contributed by atoms with Gasteiger partial charge in [0.25, 0.3) is 0 Å². The summed E-state index contributed by atoms with van der Waals surface area (Å²) in [6.07, 6.45) is 8.30. The molecule has 1 heterocycles. The molecular formula is C28H41NO5. The maximum atomic E-state index is 13.5. The molecule has 0 radical (unpaired) electrons. The van der Waals surface area contributed by atoms with Gasteiger partial charge in [-0.05, 0) is 55.8 Å². The number of carbonyl (C=O) groups is 2. The summed E-state index contributed by atoms with van der Waals surface area (Å²) >= 11 is 0. The van der Waals surface area contributed by atoms with Crippen molar-refractivity contribution in [1.29, 1.82) is 0 Å². The quantitative estimate of drug-likeness (QED) is 0.423. The first kappa shape index (κ1) is 24.2. The monoisotopic (exact) mass is 471 g/mol. The number of allylic oxidation sites excluding steroid dienone is 1. The summed E-state index contributed by atoms with van der Waals surface area (Å²) in [5.41, 5.74) is -1.68. The van der Waals surface area contributed by atoms with Crippen LogP contribution in [-0.4, -0.2) is 60.9 Å². The van der Waals surface area contributed by atoms with E-state index in [-0.39, 0.29) is 23.9 Å². The molecule has 9 atom stereocenters. The molecule has 0 aromatic rings. The van der Waals surface area contributed by atoms with E-state index in [1.165, 1.54) is 0 Å². The molecule has 0 spiro atoms.